The number of nitrogens with zero attached hydrogens (tertiary/aromatic N) is 2. The van der Waals surface area contributed by atoms with E-state index in [0.717, 1.165) is 39.1 Å². The van der Waals surface area contributed by atoms with E-state index in [1.165, 1.54) is 6.07 Å². The van der Waals surface area contributed by atoms with Crippen molar-refractivity contribution in [2.75, 3.05) is 6.54 Å². The van der Waals surface area contributed by atoms with E-state index in [2.05, 4.69) is 14.9 Å². The predicted molar refractivity (Wildman–Crippen MR) is 155 cm³/mol. The minimum atomic E-state index is -0.400. The fourth-order valence-corrected chi connectivity index (χ4v) is 4.85. The van der Waals surface area contributed by atoms with Gasteiger partial charge in [0, 0.05) is 46.3 Å². The molecule has 200 valence electrons. The number of carbonyl (C=O) groups is 1. The molecule has 2 heterocycles. The standard InChI is InChI=1S/C33H29FN4O2/c1-22-17-26(18-27(19-35)33(39)36-16-15-24-20-37-32-10-6-4-8-30(24)32)23(2)38(22)28-11-13-29(14-12-28)40-21-25-7-3-5-9-31(25)34/h3-14,17-18,20,37H,15-16,21H2,1-2H3,(H,36,39)/b27-18-. The van der Waals surface area contributed by atoms with Gasteiger partial charge in [-0.1, -0.05) is 36.4 Å². The molecule has 3 aromatic carbocycles. The molecule has 5 rings (SSSR count). The number of nitrogens with one attached hydrogen (secondary N) is 2. The molecule has 40 heavy (non-hydrogen) atoms. The lowest BCUT2D eigenvalue weighted by molar-refractivity contribution is -0.117. The van der Waals surface area contributed by atoms with E-state index >= 15 is 0 Å². The summed E-state index contributed by atoms with van der Waals surface area (Å²) in [5.74, 6) is -0.0628. The van der Waals surface area contributed by atoms with Gasteiger partial charge in [0.25, 0.3) is 5.91 Å². The molecule has 0 spiro atoms. The molecule has 0 saturated heterocycles. The van der Waals surface area contributed by atoms with Crippen LogP contribution in [-0.2, 0) is 17.8 Å². The van der Waals surface area contributed by atoms with Crippen LogP contribution in [-0.4, -0.2) is 22.0 Å². The zero-order chi connectivity index (χ0) is 28.1. The molecular formula is C33H29FN4O2. The summed E-state index contributed by atoms with van der Waals surface area (Å²) < 4.78 is 21.7. The number of hydrogen-bond donors (Lipinski definition) is 2. The lowest BCUT2D eigenvalue weighted by Gasteiger charge is -2.12. The van der Waals surface area contributed by atoms with E-state index < -0.39 is 5.91 Å². The smallest absolute Gasteiger partial charge is 0.261 e. The maximum absolute atomic E-state index is 13.9. The Morgan fingerprint density at radius 3 is 2.58 bits per heavy atom. The molecule has 0 bridgehead atoms. The zero-order valence-electron chi connectivity index (χ0n) is 22.4. The summed E-state index contributed by atoms with van der Waals surface area (Å²) in [7, 11) is 0. The van der Waals surface area contributed by atoms with Gasteiger partial charge in [-0.2, -0.15) is 5.26 Å². The first-order valence-electron chi connectivity index (χ1n) is 13.0. The number of hydrogen-bond acceptors (Lipinski definition) is 3. The Bertz CT molecular complexity index is 1740. The van der Waals surface area contributed by atoms with E-state index in [1.807, 2.05) is 80.7 Å². The quantitative estimate of drug-likeness (QED) is 0.167. The minimum Gasteiger partial charge on any atom is -0.489 e. The second kappa shape index (κ2) is 11.7. The van der Waals surface area contributed by atoms with Crippen molar-refractivity contribution in [3.63, 3.8) is 0 Å². The first-order valence-corrected chi connectivity index (χ1v) is 13.0. The molecule has 0 aliphatic carbocycles. The Morgan fingerprint density at radius 2 is 1.80 bits per heavy atom. The molecule has 0 aliphatic heterocycles. The number of ether oxygens (including phenoxy) is 1. The SMILES string of the molecule is Cc1cc(/C=C(/C#N)C(=O)NCCc2c[nH]c3ccccc23)c(C)n1-c1ccc(OCc2ccccc2F)cc1. The van der Waals surface area contributed by atoms with Crippen molar-refractivity contribution in [1.29, 1.82) is 5.26 Å². The van der Waals surface area contributed by atoms with E-state index in [0.29, 0.717) is 24.3 Å². The topological polar surface area (TPSA) is 82.8 Å². The van der Waals surface area contributed by atoms with E-state index in [1.54, 1.807) is 24.3 Å². The third kappa shape index (κ3) is 5.67. The van der Waals surface area contributed by atoms with Crippen molar-refractivity contribution in [1.82, 2.24) is 14.9 Å². The molecule has 0 atom stereocenters. The largest absolute Gasteiger partial charge is 0.489 e. The average molecular weight is 533 g/mol. The highest BCUT2D eigenvalue weighted by Gasteiger charge is 2.14. The van der Waals surface area contributed by atoms with Crippen molar-refractivity contribution in [2.24, 2.45) is 0 Å². The van der Waals surface area contributed by atoms with Crippen LogP contribution in [0.3, 0.4) is 0 Å². The first kappa shape index (κ1) is 26.5. The number of rotatable bonds is 9. The fraction of sp³-hybridized carbons (Fsp3) is 0.152. The molecule has 0 fully saturated rings. The Morgan fingerprint density at radius 1 is 1.05 bits per heavy atom. The third-order valence-electron chi connectivity index (χ3n) is 6.94. The highest BCUT2D eigenvalue weighted by Crippen LogP contribution is 2.25. The maximum Gasteiger partial charge on any atom is 0.261 e. The van der Waals surface area contributed by atoms with Crippen molar-refractivity contribution in [3.05, 3.63) is 125 Å². The van der Waals surface area contributed by atoms with Gasteiger partial charge < -0.3 is 19.6 Å². The van der Waals surface area contributed by atoms with Crippen LogP contribution in [0.15, 0.2) is 90.6 Å². The van der Waals surface area contributed by atoms with Crippen LogP contribution in [0, 0.1) is 31.0 Å². The summed E-state index contributed by atoms with van der Waals surface area (Å²) in [6.45, 7) is 4.49. The molecule has 0 radical (unpaired) electrons. The van der Waals surface area contributed by atoms with E-state index in [-0.39, 0.29) is 18.0 Å². The van der Waals surface area contributed by atoms with Crippen molar-refractivity contribution in [3.8, 4) is 17.5 Å². The highest BCUT2D eigenvalue weighted by atomic mass is 19.1. The summed E-state index contributed by atoms with van der Waals surface area (Å²) in [6.07, 6.45) is 4.24. The van der Waals surface area contributed by atoms with Gasteiger partial charge in [0.15, 0.2) is 0 Å². The lowest BCUT2D eigenvalue weighted by Crippen LogP contribution is -2.26. The van der Waals surface area contributed by atoms with Gasteiger partial charge in [-0.05, 0) is 79.9 Å². The number of amides is 1. The number of H-pyrrole nitrogens is 1. The minimum absolute atomic E-state index is 0.0519. The van der Waals surface area contributed by atoms with Gasteiger partial charge in [-0.3, -0.25) is 4.79 Å². The number of nitriles is 1. The number of aryl methyl sites for hydroxylation is 1. The molecule has 0 aliphatic rings. The number of aromatic amines is 1. The van der Waals surface area contributed by atoms with Crippen LogP contribution in [0.2, 0.25) is 0 Å². The van der Waals surface area contributed by atoms with Crippen LogP contribution >= 0.6 is 0 Å². The molecule has 2 aromatic heterocycles. The van der Waals surface area contributed by atoms with Gasteiger partial charge in [0.05, 0.1) is 0 Å². The van der Waals surface area contributed by atoms with Crippen LogP contribution in [0.4, 0.5) is 4.39 Å². The number of aromatic nitrogens is 2. The molecule has 5 aromatic rings. The van der Waals surface area contributed by atoms with Crippen LogP contribution in [0.1, 0.15) is 28.1 Å². The molecule has 1 amide bonds. The Labute approximate surface area is 232 Å². The summed E-state index contributed by atoms with van der Waals surface area (Å²) >= 11 is 0. The molecular weight excluding hydrogens is 503 g/mol. The van der Waals surface area contributed by atoms with Crippen LogP contribution < -0.4 is 10.1 Å². The molecule has 0 unspecified atom stereocenters. The van der Waals surface area contributed by atoms with Gasteiger partial charge in [-0.25, -0.2) is 4.39 Å². The third-order valence-corrected chi connectivity index (χ3v) is 6.94. The lowest BCUT2D eigenvalue weighted by atomic mass is 10.1. The zero-order valence-corrected chi connectivity index (χ0v) is 22.4. The fourth-order valence-electron chi connectivity index (χ4n) is 4.85. The number of benzene rings is 3. The van der Waals surface area contributed by atoms with Crippen molar-refractivity contribution in [2.45, 2.75) is 26.9 Å². The van der Waals surface area contributed by atoms with Gasteiger partial charge in [-0.15, -0.1) is 0 Å². The van der Waals surface area contributed by atoms with Gasteiger partial charge >= 0.3 is 0 Å². The van der Waals surface area contributed by atoms with E-state index in [9.17, 15) is 14.4 Å². The average Bonchev–Trinajstić information content (AvgIpc) is 3.50. The summed E-state index contributed by atoms with van der Waals surface area (Å²) in [4.78, 5) is 16.1. The summed E-state index contributed by atoms with van der Waals surface area (Å²) in [5.41, 5.74) is 6.28. The normalized spacial score (nSPS) is 11.4. The second-order valence-corrected chi connectivity index (χ2v) is 9.57. The maximum atomic E-state index is 13.9. The second-order valence-electron chi connectivity index (χ2n) is 9.57. The highest BCUT2D eigenvalue weighted by molar-refractivity contribution is 6.01. The molecule has 7 heteroatoms. The predicted octanol–water partition coefficient (Wildman–Crippen LogP) is 6.56. The molecule has 6 nitrogen and oxygen atoms in total. The van der Waals surface area contributed by atoms with Crippen LogP contribution in [0.5, 0.6) is 5.75 Å². The summed E-state index contributed by atoms with van der Waals surface area (Å²) in [6, 6.07) is 26.1. The number of para-hydroxylation sites is 1. The van der Waals surface area contributed by atoms with Gasteiger partial charge in [0.2, 0.25) is 0 Å². The summed E-state index contributed by atoms with van der Waals surface area (Å²) in [5, 5.41) is 13.7. The number of carbonyl (C=O) groups excluding carboxylic acids is 1. The van der Waals surface area contributed by atoms with Crippen molar-refractivity contribution >= 4 is 22.9 Å². The number of halogens is 1. The van der Waals surface area contributed by atoms with E-state index in [4.69, 9.17) is 4.74 Å². The monoisotopic (exact) mass is 532 g/mol. The molecule has 2 N–H and O–H groups in total. The Balaban J connectivity index is 1.25. The van der Waals surface area contributed by atoms with Crippen molar-refractivity contribution < 1.29 is 13.9 Å². The Kier molecular flexibility index (Phi) is 7.79. The number of fused-ring (bicyclic) bond motifs is 1. The first-order chi connectivity index (χ1) is 19.4. The van der Waals surface area contributed by atoms with Gasteiger partial charge in [0.1, 0.15) is 29.8 Å². The molecule has 0 saturated carbocycles. The van der Waals surface area contributed by atoms with Crippen LogP contribution in [0.25, 0.3) is 22.7 Å². The Hall–Kier alpha value is -5.09.